The van der Waals surface area contributed by atoms with Crippen molar-refractivity contribution in [1.82, 2.24) is 0 Å². The van der Waals surface area contributed by atoms with E-state index in [1.807, 2.05) is 61.5 Å². The highest BCUT2D eigenvalue weighted by atomic mass is 16.3. The molecule has 0 unspecified atom stereocenters. The second kappa shape index (κ2) is 9.48. The minimum absolute atomic E-state index is 0.0647. The monoisotopic (exact) mass is 582 g/mol. The maximum atomic E-state index is 14.6. The fourth-order valence-electron chi connectivity index (χ4n) is 8.52. The first kappa shape index (κ1) is 26.6. The van der Waals surface area contributed by atoms with E-state index in [0.717, 1.165) is 11.0 Å². The van der Waals surface area contributed by atoms with Gasteiger partial charge in [0.2, 0.25) is 23.6 Å². The van der Waals surface area contributed by atoms with Crippen LogP contribution in [0.5, 0.6) is 5.75 Å². The number of anilines is 2. The molecule has 1 saturated carbocycles. The van der Waals surface area contributed by atoms with Gasteiger partial charge in [0.05, 0.1) is 34.5 Å². The van der Waals surface area contributed by atoms with E-state index in [0.29, 0.717) is 28.7 Å². The minimum atomic E-state index is -1.22. The lowest BCUT2D eigenvalue weighted by molar-refractivity contribution is -0.131. The van der Waals surface area contributed by atoms with Crippen LogP contribution in [0.3, 0.4) is 0 Å². The van der Waals surface area contributed by atoms with Gasteiger partial charge in [0.25, 0.3) is 0 Å². The molecule has 0 spiro atoms. The molecule has 4 aromatic rings. The summed E-state index contributed by atoms with van der Waals surface area (Å²) < 4.78 is 0. The van der Waals surface area contributed by atoms with E-state index < -0.39 is 35.0 Å². The van der Waals surface area contributed by atoms with Crippen LogP contribution < -0.4 is 9.80 Å². The molecule has 7 nitrogen and oxygen atoms in total. The van der Waals surface area contributed by atoms with Crippen LogP contribution in [-0.4, -0.2) is 28.7 Å². The molecule has 6 atom stereocenters. The lowest BCUT2D eigenvalue weighted by Crippen LogP contribution is -2.48. The van der Waals surface area contributed by atoms with E-state index in [2.05, 4.69) is 0 Å². The van der Waals surface area contributed by atoms with Gasteiger partial charge in [-0.25, -0.2) is 4.90 Å². The summed E-state index contributed by atoms with van der Waals surface area (Å²) >= 11 is 0. The lowest BCUT2D eigenvalue weighted by Gasteiger charge is -2.49. The van der Waals surface area contributed by atoms with Crippen LogP contribution in [0.4, 0.5) is 11.4 Å². The highest BCUT2D eigenvalue weighted by Gasteiger charge is 2.68. The van der Waals surface area contributed by atoms with Crippen molar-refractivity contribution in [3.05, 3.63) is 114 Å². The minimum Gasteiger partial charge on any atom is -0.507 e. The predicted octanol–water partition coefficient (Wildman–Crippen LogP) is 5.98. The second-order valence-corrected chi connectivity index (χ2v) is 12.6. The Labute approximate surface area is 254 Å². The third kappa shape index (κ3) is 3.43. The summed E-state index contributed by atoms with van der Waals surface area (Å²) in [6.07, 6.45) is 2.62. The third-order valence-electron chi connectivity index (χ3n) is 10.5. The van der Waals surface area contributed by atoms with Gasteiger partial charge in [-0.2, -0.15) is 0 Å². The van der Waals surface area contributed by atoms with Crippen molar-refractivity contribution in [2.24, 2.45) is 29.1 Å². The van der Waals surface area contributed by atoms with Gasteiger partial charge in [0.1, 0.15) is 5.75 Å². The van der Waals surface area contributed by atoms with E-state index in [-0.39, 0.29) is 35.8 Å². The Balaban J connectivity index is 1.31. The molecule has 4 aliphatic rings. The van der Waals surface area contributed by atoms with Gasteiger partial charge in [-0.3, -0.25) is 24.1 Å². The molecule has 0 radical (unpaired) electrons. The molecule has 0 aromatic heterocycles. The molecule has 2 aliphatic heterocycles. The number of hydrogen-bond donors (Lipinski definition) is 1. The first-order valence-corrected chi connectivity index (χ1v) is 15.1. The van der Waals surface area contributed by atoms with Crippen molar-refractivity contribution in [3.63, 3.8) is 0 Å². The largest absolute Gasteiger partial charge is 0.507 e. The van der Waals surface area contributed by atoms with Crippen LogP contribution in [0.2, 0.25) is 0 Å². The second-order valence-electron chi connectivity index (χ2n) is 12.6. The smallest absolute Gasteiger partial charge is 0.241 e. The average Bonchev–Trinajstić information content (AvgIpc) is 3.42. The number of para-hydroxylation sites is 2. The Hall–Kier alpha value is -5.04. The number of hydrogen-bond acceptors (Lipinski definition) is 5. The number of nitrogens with zero attached hydrogens (tertiary/aromatic N) is 2. The highest BCUT2D eigenvalue weighted by Crippen LogP contribution is 2.64. The van der Waals surface area contributed by atoms with Crippen LogP contribution in [-0.2, 0) is 19.2 Å². The first-order valence-electron chi connectivity index (χ1n) is 15.1. The van der Waals surface area contributed by atoms with Crippen molar-refractivity contribution in [2.45, 2.75) is 25.7 Å². The zero-order valence-corrected chi connectivity index (χ0v) is 24.1. The first-order chi connectivity index (χ1) is 21.3. The van der Waals surface area contributed by atoms with E-state index >= 15 is 0 Å². The Kier molecular flexibility index (Phi) is 5.73. The number of phenols is 1. The third-order valence-corrected chi connectivity index (χ3v) is 10.5. The van der Waals surface area contributed by atoms with E-state index in [9.17, 15) is 24.3 Å². The van der Waals surface area contributed by atoms with E-state index in [1.165, 1.54) is 9.80 Å². The molecule has 4 aromatic carbocycles. The van der Waals surface area contributed by atoms with Crippen molar-refractivity contribution >= 4 is 45.8 Å². The number of phenolic OH excluding ortho intramolecular Hbond substituents is 1. The SMILES string of the molecule is C[C@@]12C(=O)N(c3ccccc3)C(=O)[C@@H]1C[C@@H]1C(=CC[C@@H]3C(=O)N(c4ccccc4)C(=O)[C@@H]31)[C@@H]2c1ccc2ccccc2c1O. The number of fused-ring (bicyclic) bond motifs is 5. The summed E-state index contributed by atoms with van der Waals surface area (Å²) in [5.41, 5.74) is 1.22. The Morgan fingerprint density at radius 3 is 2.05 bits per heavy atom. The summed E-state index contributed by atoms with van der Waals surface area (Å²) in [5, 5.41) is 13.3. The van der Waals surface area contributed by atoms with Gasteiger partial charge in [0, 0.05) is 16.9 Å². The number of amides is 4. The van der Waals surface area contributed by atoms with E-state index in [4.69, 9.17) is 0 Å². The van der Waals surface area contributed by atoms with Crippen LogP contribution >= 0.6 is 0 Å². The molecule has 2 saturated heterocycles. The summed E-state index contributed by atoms with van der Waals surface area (Å²) in [7, 11) is 0. The number of benzene rings is 4. The standard InChI is InChI=1S/C37H30N2O5/c1-37-29(34(42)39(36(37)44)23-13-6-3-7-14-23)20-28-25(31(37)27-17-16-21-10-8-9-15-24(21)32(27)40)18-19-26-30(28)35(43)38(33(26)41)22-11-4-2-5-12-22/h2-18,26,28-31,40H,19-20H2,1H3/t26-,28+,29-,30-,31+,37+/m0/s1. The number of rotatable bonds is 3. The van der Waals surface area contributed by atoms with Gasteiger partial charge in [0.15, 0.2) is 0 Å². The summed E-state index contributed by atoms with van der Waals surface area (Å²) in [6, 6.07) is 29.1. The molecule has 44 heavy (non-hydrogen) atoms. The quantitative estimate of drug-likeness (QED) is 0.237. The van der Waals surface area contributed by atoms with Gasteiger partial charge in [-0.1, -0.05) is 84.4 Å². The fourth-order valence-corrected chi connectivity index (χ4v) is 8.52. The van der Waals surface area contributed by atoms with Crippen LogP contribution in [0, 0.1) is 29.1 Å². The molecule has 2 heterocycles. The van der Waals surface area contributed by atoms with Crippen molar-refractivity contribution < 1.29 is 24.3 Å². The number of carbonyl (C=O) groups excluding carboxylic acids is 4. The van der Waals surface area contributed by atoms with Crippen molar-refractivity contribution in [2.75, 3.05) is 9.80 Å². The Morgan fingerprint density at radius 2 is 1.34 bits per heavy atom. The van der Waals surface area contributed by atoms with Gasteiger partial charge >= 0.3 is 0 Å². The van der Waals surface area contributed by atoms with Crippen LogP contribution in [0.15, 0.2) is 109 Å². The number of aromatic hydroxyl groups is 1. The molecular formula is C37H30N2O5. The topological polar surface area (TPSA) is 95.0 Å². The van der Waals surface area contributed by atoms with Crippen molar-refractivity contribution in [3.8, 4) is 5.75 Å². The lowest BCUT2D eigenvalue weighted by atomic mass is 9.51. The molecule has 218 valence electrons. The number of imide groups is 2. The summed E-state index contributed by atoms with van der Waals surface area (Å²) in [4.78, 5) is 59.3. The molecule has 0 bridgehead atoms. The highest BCUT2D eigenvalue weighted by molar-refractivity contribution is 6.25. The van der Waals surface area contributed by atoms with Crippen LogP contribution in [0.25, 0.3) is 10.8 Å². The maximum absolute atomic E-state index is 14.6. The average molecular weight is 583 g/mol. The zero-order chi connectivity index (χ0) is 30.3. The molecule has 7 heteroatoms. The summed E-state index contributed by atoms with van der Waals surface area (Å²) in [6.45, 7) is 1.83. The van der Waals surface area contributed by atoms with Gasteiger partial charge < -0.3 is 5.11 Å². The van der Waals surface area contributed by atoms with Crippen molar-refractivity contribution in [1.29, 1.82) is 0 Å². The molecule has 1 N–H and O–H groups in total. The Bertz CT molecular complexity index is 1920. The molecule has 8 rings (SSSR count). The van der Waals surface area contributed by atoms with Crippen LogP contribution in [0.1, 0.15) is 31.2 Å². The summed E-state index contributed by atoms with van der Waals surface area (Å²) in [5.74, 6) is -4.16. The maximum Gasteiger partial charge on any atom is 0.241 e. The molecule has 2 aliphatic carbocycles. The normalized spacial score (nSPS) is 29.5. The number of carbonyl (C=O) groups is 4. The molecule has 4 amide bonds. The molecular weight excluding hydrogens is 552 g/mol. The Morgan fingerprint density at radius 1 is 0.705 bits per heavy atom. The fraction of sp³-hybridized carbons (Fsp3) is 0.243. The van der Waals surface area contributed by atoms with Gasteiger partial charge in [-0.15, -0.1) is 0 Å². The predicted molar refractivity (Wildman–Crippen MR) is 166 cm³/mol. The van der Waals surface area contributed by atoms with Gasteiger partial charge in [-0.05, 0) is 55.3 Å². The zero-order valence-electron chi connectivity index (χ0n) is 24.1. The molecule has 3 fully saturated rings. The van der Waals surface area contributed by atoms with E-state index in [1.54, 1.807) is 48.5 Å². The number of allylic oxidation sites excluding steroid dienone is 2.